The maximum Gasteiger partial charge on any atom is 0.289 e. The number of likely N-dealkylation sites (tertiary alicyclic amines) is 1. The molecule has 4 heterocycles. The minimum Gasteiger partial charge on any atom is -0.455 e. The molecule has 33 heavy (non-hydrogen) atoms. The Morgan fingerprint density at radius 3 is 2.55 bits per heavy atom. The smallest absolute Gasteiger partial charge is 0.289 e. The maximum absolute atomic E-state index is 13.0. The first kappa shape index (κ1) is 23.2. The van der Waals surface area contributed by atoms with Crippen LogP contribution in [0, 0.1) is 6.92 Å². The first-order valence-electron chi connectivity index (χ1n) is 11.5. The molecule has 1 fully saturated rings. The summed E-state index contributed by atoms with van der Waals surface area (Å²) in [6.07, 6.45) is 3.49. The molecule has 0 atom stereocenters. The summed E-state index contributed by atoms with van der Waals surface area (Å²) >= 11 is 0. The van der Waals surface area contributed by atoms with Crippen molar-refractivity contribution in [3.8, 4) is 11.3 Å². The van der Waals surface area contributed by atoms with Crippen molar-refractivity contribution < 1.29 is 13.7 Å². The van der Waals surface area contributed by atoms with Gasteiger partial charge in [-0.3, -0.25) is 4.79 Å². The van der Waals surface area contributed by atoms with E-state index in [1.54, 1.807) is 6.07 Å². The van der Waals surface area contributed by atoms with Crippen molar-refractivity contribution in [2.45, 2.75) is 58.4 Å². The number of carbonyl (C=O) groups is 1. The Morgan fingerprint density at radius 2 is 1.94 bits per heavy atom. The van der Waals surface area contributed by atoms with Crippen LogP contribution in [0.25, 0.3) is 11.3 Å². The summed E-state index contributed by atoms with van der Waals surface area (Å²) in [6.45, 7) is 10.2. The van der Waals surface area contributed by atoms with Gasteiger partial charge in [0.2, 0.25) is 0 Å². The van der Waals surface area contributed by atoms with Crippen molar-refractivity contribution >= 4 is 5.91 Å². The highest BCUT2D eigenvalue weighted by molar-refractivity contribution is 5.91. The third-order valence-electron chi connectivity index (χ3n) is 5.90. The molecule has 0 radical (unpaired) electrons. The number of carbonyl (C=O) groups excluding carboxylic acids is 1. The lowest BCUT2D eigenvalue weighted by Gasteiger charge is -2.32. The topological polar surface area (TPSA) is 88.5 Å². The quantitative estimate of drug-likeness (QED) is 0.568. The first-order chi connectivity index (χ1) is 15.6. The SMILES string of the molecule is Cc1cc(-c2cnc(C(C)(C)C)nc2C2CCN(C(=O)c3ccc(CN(C)C)o3)CC2)on1. The van der Waals surface area contributed by atoms with Crippen molar-refractivity contribution in [1.82, 2.24) is 24.9 Å². The number of piperidine rings is 1. The summed E-state index contributed by atoms with van der Waals surface area (Å²) in [5, 5.41) is 4.04. The molecule has 0 aliphatic carbocycles. The highest BCUT2D eigenvalue weighted by Crippen LogP contribution is 2.35. The van der Waals surface area contributed by atoms with Gasteiger partial charge < -0.3 is 18.7 Å². The number of furan rings is 1. The second-order valence-electron chi connectivity index (χ2n) is 10.1. The first-order valence-corrected chi connectivity index (χ1v) is 11.5. The molecule has 0 saturated carbocycles. The Morgan fingerprint density at radius 1 is 1.21 bits per heavy atom. The average molecular weight is 452 g/mol. The minimum atomic E-state index is -0.162. The number of aryl methyl sites for hydroxylation is 1. The summed E-state index contributed by atoms with van der Waals surface area (Å²) in [4.78, 5) is 26.5. The van der Waals surface area contributed by atoms with Crippen LogP contribution in [0.1, 0.15) is 73.1 Å². The van der Waals surface area contributed by atoms with Crippen molar-refractivity contribution in [2.24, 2.45) is 0 Å². The summed E-state index contributed by atoms with van der Waals surface area (Å²) in [6, 6.07) is 5.57. The molecule has 0 aromatic carbocycles. The number of amides is 1. The maximum atomic E-state index is 13.0. The van der Waals surface area contributed by atoms with Gasteiger partial charge in [-0.05, 0) is 46.0 Å². The van der Waals surface area contributed by atoms with E-state index < -0.39 is 0 Å². The fourth-order valence-corrected chi connectivity index (χ4v) is 4.15. The predicted octanol–water partition coefficient (Wildman–Crippen LogP) is 4.41. The van der Waals surface area contributed by atoms with Crippen LogP contribution < -0.4 is 0 Å². The number of aromatic nitrogens is 3. The second kappa shape index (κ2) is 9.09. The molecule has 8 nitrogen and oxygen atoms in total. The lowest BCUT2D eigenvalue weighted by molar-refractivity contribution is 0.0676. The Kier molecular flexibility index (Phi) is 6.38. The van der Waals surface area contributed by atoms with Crippen LogP contribution in [0.4, 0.5) is 0 Å². The molecular weight excluding hydrogens is 418 g/mol. The molecule has 3 aromatic heterocycles. The molecule has 0 spiro atoms. The van der Waals surface area contributed by atoms with Gasteiger partial charge in [0.25, 0.3) is 5.91 Å². The lowest BCUT2D eigenvalue weighted by atomic mass is 9.88. The van der Waals surface area contributed by atoms with Gasteiger partial charge in [0, 0.05) is 36.7 Å². The van der Waals surface area contributed by atoms with Gasteiger partial charge in [0.05, 0.1) is 23.5 Å². The second-order valence-corrected chi connectivity index (χ2v) is 10.1. The fourth-order valence-electron chi connectivity index (χ4n) is 4.15. The third kappa shape index (κ3) is 5.16. The molecule has 0 N–H and O–H groups in total. The lowest BCUT2D eigenvalue weighted by Crippen LogP contribution is -2.38. The Balaban J connectivity index is 1.53. The summed E-state index contributed by atoms with van der Waals surface area (Å²) < 4.78 is 11.3. The molecule has 3 aromatic rings. The molecule has 4 rings (SSSR count). The number of hydrogen-bond donors (Lipinski definition) is 0. The van der Waals surface area contributed by atoms with Gasteiger partial charge in [0.1, 0.15) is 11.6 Å². The molecule has 1 saturated heterocycles. The van der Waals surface area contributed by atoms with Gasteiger partial charge in [-0.15, -0.1) is 0 Å². The summed E-state index contributed by atoms with van der Waals surface area (Å²) in [7, 11) is 3.95. The largest absolute Gasteiger partial charge is 0.455 e. The van der Waals surface area contributed by atoms with E-state index in [0.29, 0.717) is 31.2 Å². The van der Waals surface area contributed by atoms with Crippen LogP contribution in [-0.2, 0) is 12.0 Å². The number of nitrogens with zero attached hydrogens (tertiary/aromatic N) is 5. The Labute approximate surface area is 195 Å². The van der Waals surface area contributed by atoms with E-state index in [-0.39, 0.29) is 17.2 Å². The summed E-state index contributed by atoms with van der Waals surface area (Å²) in [5.74, 6) is 2.84. The van der Waals surface area contributed by atoms with Crippen LogP contribution in [0.2, 0.25) is 0 Å². The van der Waals surface area contributed by atoms with Crippen molar-refractivity contribution in [2.75, 3.05) is 27.2 Å². The summed E-state index contributed by atoms with van der Waals surface area (Å²) in [5.41, 5.74) is 2.52. The van der Waals surface area contributed by atoms with Gasteiger partial charge in [-0.1, -0.05) is 25.9 Å². The zero-order valence-electron chi connectivity index (χ0n) is 20.4. The third-order valence-corrected chi connectivity index (χ3v) is 5.90. The van der Waals surface area contributed by atoms with Gasteiger partial charge in [-0.2, -0.15) is 0 Å². The zero-order chi connectivity index (χ0) is 23.8. The number of rotatable bonds is 5. The molecule has 1 amide bonds. The standard InChI is InChI=1S/C25H33N5O3/c1-16-13-21(33-28-16)19-14-26-24(25(2,3)4)27-22(19)17-9-11-30(12-10-17)23(31)20-8-7-18(32-20)15-29(5)6/h7-8,13-14,17H,9-12,15H2,1-6H3. The van der Waals surface area contributed by atoms with Crippen LogP contribution in [0.3, 0.4) is 0 Å². The normalized spacial score (nSPS) is 15.4. The van der Waals surface area contributed by atoms with Crippen LogP contribution in [0.5, 0.6) is 0 Å². The molecule has 0 bridgehead atoms. The van der Waals surface area contributed by atoms with E-state index in [1.807, 2.05) is 49.1 Å². The Hall–Kier alpha value is -3.00. The number of hydrogen-bond acceptors (Lipinski definition) is 7. The molecular formula is C25H33N5O3. The van der Waals surface area contributed by atoms with Crippen molar-refractivity contribution in [1.29, 1.82) is 0 Å². The van der Waals surface area contributed by atoms with Crippen LogP contribution in [0.15, 0.2) is 33.3 Å². The molecule has 1 aliphatic rings. The van der Waals surface area contributed by atoms with E-state index in [9.17, 15) is 4.79 Å². The molecule has 0 unspecified atom stereocenters. The fraction of sp³-hybridized carbons (Fsp3) is 0.520. The van der Waals surface area contributed by atoms with Crippen molar-refractivity contribution in [3.63, 3.8) is 0 Å². The highest BCUT2D eigenvalue weighted by atomic mass is 16.5. The van der Waals surface area contributed by atoms with E-state index in [2.05, 4.69) is 30.9 Å². The zero-order valence-corrected chi connectivity index (χ0v) is 20.4. The molecule has 1 aliphatic heterocycles. The van der Waals surface area contributed by atoms with E-state index in [4.69, 9.17) is 13.9 Å². The average Bonchev–Trinajstić information content (AvgIpc) is 3.41. The van der Waals surface area contributed by atoms with Gasteiger partial charge >= 0.3 is 0 Å². The predicted molar refractivity (Wildman–Crippen MR) is 125 cm³/mol. The minimum absolute atomic E-state index is 0.0531. The van der Waals surface area contributed by atoms with Crippen LogP contribution >= 0.6 is 0 Å². The highest BCUT2D eigenvalue weighted by Gasteiger charge is 2.30. The monoisotopic (exact) mass is 451 g/mol. The van der Waals surface area contributed by atoms with E-state index in [1.165, 1.54) is 0 Å². The van der Waals surface area contributed by atoms with Gasteiger partial charge in [-0.25, -0.2) is 9.97 Å². The van der Waals surface area contributed by atoms with Gasteiger partial charge in [0.15, 0.2) is 11.5 Å². The van der Waals surface area contributed by atoms with Crippen LogP contribution in [-0.4, -0.2) is 58.0 Å². The van der Waals surface area contributed by atoms with E-state index >= 15 is 0 Å². The Bertz CT molecular complexity index is 1120. The molecule has 176 valence electrons. The van der Waals surface area contributed by atoms with E-state index in [0.717, 1.165) is 41.4 Å². The van der Waals surface area contributed by atoms with Crippen molar-refractivity contribution in [3.05, 3.63) is 53.1 Å². The molecule has 8 heteroatoms.